The number of para-hydroxylation sites is 1. The van der Waals surface area contributed by atoms with Gasteiger partial charge >= 0.3 is 6.03 Å². The van der Waals surface area contributed by atoms with Crippen molar-refractivity contribution < 1.29 is 9.59 Å². The Balaban J connectivity index is 1.38. The molecule has 0 aromatic heterocycles. The molecule has 2 fully saturated rings. The van der Waals surface area contributed by atoms with Crippen LogP contribution in [0.4, 0.5) is 10.5 Å². The maximum Gasteiger partial charge on any atom is 0.321 e. The summed E-state index contributed by atoms with van der Waals surface area (Å²) in [6, 6.07) is 17.8. The molecule has 1 aliphatic carbocycles. The minimum absolute atomic E-state index is 0.0308. The van der Waals surface area contributed by atoms with E-state index in [1.165, 1.54) is 25.7 Å². The number of likely N-dealkylation sites (tertiary alicyclic amines) is 1. The molecule has 2 aromatic rings. The van der Waals surface area contributed by atoms with E-state index in [1.807, 2.05) is 53.4 Å². The van der Waals surface area contributed by atoms with Gasteiger partial charge in [-0.15, -0.1) is 0 Å². The van der Waals surface area contributed by atoms with Crippen LogP contribution in [-0.4, -0.2) is 36.0 Å². The average Bonchev–Trinajstić information content (AvgIpc) is 3.08. The molecule has 1 aliphatic heterocycles. The monoisotopic (exact) mass is 419 g/mol. The molecule has 31 heavy (non-hydrogen) atoms. The number of nitrogens with zero attached hydrogens (tertiary/aromatic N) is 1. The van der Waals surface area contributed by atoms with Gasteiger partial charge in [0.15, 0.2) is 0 Å². The van der Waals surface area contributed by atoms with E-state index in [1.54, 1.807) is 0 Å². The van der Waals surface area contributed by atoms with Crippen LogP contribution in [0.5, 0.6) is 0 Å². The van der Waals surface area contributed by atoms with Crippen molar-refractivity contribution in [1.29, 1.82) is 0 Å². The van der Waals surface area contributed by atoms with Crippen LogP contribution < -0.4 is 10.6 Å². The number of hydrogen-bond donors (Lipinski definition) is 2. The van der Waals surface area contributed by atoms with Crippen LogP contribution in [0.3, 0.4) is 0 Å². The number of benzene rings is 2. The van der Waals surface area contributed by atoms with E-state index in [9.17, 15) is 9.59 Å². The zero-order chi connectivity index (χ0) is 21.5. The zero-order valence-corrected chi connectivity index (χ0v) is 18.2. The molecule has 2 aromatic carbocycles. The molecule has 1 atom stereocenters. The second-order valence-corrected chi connectivity index (χ2v) is 8.87. The molecule has 3 amide bonds. The molecule has 5 heteroatoms. The third kappa shape index (κ3) is 5.87. The first-order valence-electron chi connectivity index (χ1n) is 11.7. The van der Waals surface area contributed by atoms with Crippen molar-refractivity contribution in [2.45, 2.75) is 63.3 Å². The number of rotatable bonds is 4. The molecular weight excluding hydrogens is 386 g/mol. The smallest absolute Gasteiger partial charge is 0.321 e. The minimum atomic E-state index is -0.0573. The molecule has 164 valence electrons. The molecule has 2 aliphatic rings. The lowest BCUT2D eigenvalue weighted by molar-refractivity contribution is 0.0933. The molecule has 2 N–H and O–H groups in total. The lowest BCUT2D eigenvalue weighted by Gasteiger charge is -2.33. The predicted octanol–water partition coefficient (Wildman–Crippen LogP) is 5.55. The normalized spacial score (nSPS) is 20.0. The van der Waals surface area contributed by atoms with Crippen molar-refractivity contribution in [2.75, 3.05) is 18.4 Å². The predicted molar refractivity (Wildman–Crippen MR) is 124 cm³/mol. The molecule has 0 bridgehead atoms. The summed E-state index contributed by atoms with van der Waals surface area (Å²) < 4.78 is 0. The Bertz CT molecular complexity index is 875. The van der Waals surface area contributed by atoms with Gasteiger partial charge in [0.25, 0.3) is 5.91 Å². The van der Waals surface area contributed by atoms with Crippen molar-refractivity contribution in [3.8, 4) is 0 Å². The third-order valence-corrected chi connectivity index (χ3v) is 6.54. The van der Waals surface area contributed by atoms with E-state index in [2.05, 4.69) is 16.7 Å². The average molecular weight is 420 g/mol. The van der Waals surface area contributed by atoms with E-state index in [4.69, 9.17) is 0 Å². The fraction of sp³-hybridized carbons (Fsp3) is 0.462. The molecule has 1 saturated heterocycles. The maximum absolute atomic E-state index is 12.9. The van der Waals surface area contributed by atoms with E-state index < -0.39 is 0 Å². The lowest BCUT2D eigenvalue weighted by Crippen LogP contribution is -2.41. The molecule has 0 spiro atoms. The maximum atomic E-state index is 12.9. The van der Waals surface area contributed by atoms with E-state index in [-0.39, 0.29) is 17.9 Å². The molecule has 1 unspecified atom stereocenters. The highest BCUT2D eigenvalue weighted by atomic mass is 16.2. The van der Waals surface area contributed by atoms with Gasteiger partial charge in [0.2, 0.25) is 0 Å². The fourth-order valence-corrected chi connectivity index (χ4v) is 4.78. The first-order chi connectivity index (χ1) is 15.2. The third-order valence-electron chi connectivity index (χ3n) is 6.54. The fourth-order valence-electron chi connectivity index (χ4n) is 4.78. The first-order valence-corrected chi connectivity index (χ1v) is 11.7. The summed E-state index contributed by atoms with van der Waals surface area (Å²) in [4.78, 5) is 27.5. The molecular formula is C26H33N3O2. The largest absolute Gasteiger partial charge is 0.349 e. The summed E-state index contributed by atoms with van der Waals surface area (Å²) in [5.41, 5.74) is 2.69. The van der Waals surface area contributed by atoms with Crippen molar-refractivity contribution in [3.05, 3.63) is 65.7 Å². The highest BCUT2D eigenvalue weighted by Gasteiger charge is 2.25. The number of amides is 3. The summed E-state index contributed by atoms with van der Waals surface area (Å²) in [5.74, 6) is 0.282. The quantitative estimate of drug-likeness (QED) is 0.638. The van der Waals surface area contributed by atoms with Gasteiger partial charge in [-0.2, -0.15) is 0 Å². The highest BCUT2D eigenvalue weighted by molar-refractivity contribution is 5.94. The van der Waals surface area contributed by atoms with Crippen LogP contribution in [0, 0.1) is 0 Å². The summed E-state index contributed by atoms with van der Waals surface area (Å²) in [5, 5.41) is 6.23. The minimum Gasteiger partial charge on any atom is -0.349 e. The van der Waals surface area contributed by atoms with Crippen LogP contribution in [0.25, 0.3) is 0 Å². The second kappa shape index (κ2) is 10.5. The molecule has 1 saturated carbocycles. The van der Waals surface area contributed by atoms with Crippen molar-refractivity contribution in [2.24, 2.45) is 0 Å². The number of piperidine rings is 1. The van der Waals surface area contributed by atoms with Crippen LogP contribution in [-0.2, 0) is 0 Å². The Hall–Kier alpha value is -2.82. The Morgan fingerprint density at radius 1 is 0.839 bits per heavy atom. The van der Waals surface area contributed by atoms with E-state index >= 15 is 0 Å². The van der Waals surface area contributed by atoms with Gasteiger partial charge in [0.1, 0.15) is 0 Å². The zero-order valence-electron chi connectivity index (χ0n) is 18.2. The van der Waals surface area contributed by atoms with Crippen LogP contribution >= 0.6 is 0 Å². The SMILES string of the molecule is O=C(NC1CCCCCC1)c1cccc(C2CCCN(C(=O)Nc3ccccc3)C2)c1. The van der Waals surface area contributed by atoms with E-state index in [0.717, 1.165) is 49.0 Å². The van der Waals surface area contributed by atoms with Gasteiger partial charge < -0.3 is 15.5 Å². The summed E-state index contributed by atoms with van der Waals surface area (Å²) in [6.45, 7) is 1.43. The number of carbonyl (C=O) groups excluding carboxylic acids is 2. The molecule has 5 nitrogen and oxygen atoms in total. The van der Waals surface area contributed by atoms with Crippen molar-refractivity contribution >= 4 is 17.6 Å². The van der Waals surface area contributed by atoms with Crippen LogP contribution in [0.2, 0.25) is 0 Å². The van der Waals surface area contributed by atoms with Crippen molar-refractivity contribution in [3.63, 3.8) is 0 Å². The van der Waals surface area contributed by atoms with Gasteiger partial charge in [-0.05, 0) is 55.5 Å². The molecule has 0 radical (unpaired) electrons. The second-order valence-electron chi connectivity index (χ2n) is 8.87. The standard InChI is InChI=1S/C26H33N3O2/c30-25(27-23-13-4-1-2-5-14-23)21-11-8-10-20(18-21)22-12-9-17-29(19-22)26(31)28-24-15-6-3-7-16-24/h3,6-8,10-11,15-16,18,22-23H,1-2,4-5,9,12-14,17,19H2,(H,27,30)(H,28,31). The van der Waals surface area contributed by atoms with Crippen molar-refractivity contribution in [1.82, 2.24) is 10.2 Å². The molecule has 1 heterocycles. The van der Waals surface area contributed by atoms with Gasteiger partial charge in [0.05, 0.1) is 0 Å². The van der Waals surface area contributed by atoms with E-state index in [0.29, 0.717) is 12.6 Å². The Kier molecular flexibility index (Phi) is 7.23. The van der Waals surface area contributed by atoms with Crippen LogP contribution in [0.15, 0.2) is 54.6 Å². The van der Waals surface area contributed by atoms with Crippen LogP contribution in [0.1, 0.15) is 73.2 Å². The van der Waals surface area contributed by atoms with Gasteiger partial charge in [-0.25, -0.2) is 4.79 Å². The number of nitrogens with one attached hydrogen (secondary N) is 2. The van der Waals surface area contributed by atoms with Gasteiger partial charge in [-0.3, -0.25) is 4.79 Å². The highest BCUT2D eigenvalue weighted by Crippen LogP contribution is 2.28. The number of anilines is 1. The Morgan fingerprint density at radius 3 is 2.39 bits per heavy atom. The lowest BCUT2D eigenvalue weighted by atomic mass is 9.89. The number of urea groups is 1. The Labute approximate surface area is 185 Å². The summed E-state index contributed by atoms with van der Waals surface area (Å²) in [7, 11) is 0. The number of carbonyl (C=O) groups is 2. The molecule has 4 rings (SSSR count). The number of hydrogen-bond acceptors (Lipinski definition) is 2. The van der Waals surface area contributed by atoms with Gasteiger partial charge in [-0.1, -0.05) is 56.0 Å². The van der Waals surface area contributed by atoms with Gasteiger partial charge in [0, 0.05) is 36.3 Å². The topological polar surface area (TPSA) is 61.4 Å². The summed E-state index contributed by atoms with van der Waals surface area (Å²) in [6.07, 6.45) is 9.12. The Morgan fingerprint density at radius 2 is 1.61 bits per heavy atom. The first kappa shape index (κ1) is 21.4. The summed E-state index contributed by atoms with van der Waals surface area (Å²) >= 11 is 0.